The van der Waals surface area contributed by atoms with Crippen LogP contribution in [0.5, 0.6) is 0 Å². The number of nitrogens with zero attached hydrogens (tertiary/aromatic N) is 2. The first-order chi connectivity index (χ1) is 14.2. The van der Waals surface area contributed by atoms with Crippen LogP contribution in [0, 0.1) is 0 Å². The Morgan fingerprint density at radius 1 is 0.793 bits per heavy atom. The number of carbonyl (C=O) groups is 1. The van der Waals surface area contributed by atoms with Crippen molar-refractivity contribution >= 4 is 38.4 Å². The zero-order valence-electron chi connectivity index (χ0n) is 15.3. The van der Waals surface area contributed by atoms with E-state index < -0.39 is 5.97 Å². The van der Waals surface area contributed by atoms with Crippen molar-refractivity contribution < 1.29 is 9.53 Å². The number of rotatable bonds is 3. The van der Waals surface area contributed by atoms with Crippen LogP contribution in [0.2, 0.25) is 0 Å². The zero-order chi connectivity index (χ0) is 19.8. The number of pyridine rings is 1. The Bertz CT molecular complexity index is 1460. The number of fused-ring (bicyclic) bond motifs is 4. The molecule has 0 saturated carbocycles. The monoisotopic (exact) mass is 381 g/mol. The number of aromatic nitrogens is 3. The van der Waals surface area contributed by atoms with Gasteiger partial charge in [0.1, 0.15) is 6.61 Å². The lowest BCUT2D eigenvalue weighted by Gasteiger charge is -2.10. The van der Waals surface area contributed by atoms with E-state index in [1.54, 1.807) is 24.3 Å². The molecule has 29 heavy (non-hydrogen) atoms. The number of hydrogen-bond donors (Lipinski definition) is 1. The minimum atomic E-state index is -0.614. The standard InChI is InChI=1S/C23H15N3O3/c27-22-18-11-4-3-10-17(18)21(25-26-22)23(28)29-13-20-16-9-2-1-7-14(16)15-8-5-6-12-19(15)24-20/h1-12H,13H2,(H,26,27). The highest BCUT2D eigenvalue weighted by Crippen LogP contribution is 2.26. The van der Waals surface area contributed by atoms with Gasteiger partial charge in [-0.2, -0.15) is 5.10 Å². The zero-order valence-corrected chi connectivity index (χ0v) is 15.3. The second-order valence-electron chi connectivity index (χ2n) is 6.64. The summed E-state index contributed by atoms with van der Waals surface area (Å²) in [4.78, 5) is 29.3. The van der Waals surface area contributed by atoms with Gasteiger partial charge < -0.3 is 4.74 Å². The molecule has 0 aliphatic heterocycles. The Kier molecular flexibility index (Phi) is 4.02. The highest BCUT2D eigenvalue weighted by molar-refractivity contribution is 6.06. The minimum Gasteiger partial charge on any atom is -0.454 e. The number of carbonyl (C=O) groups excluding carboxylic acids is 1. The summed E-state index contributed by atoms with van der Waals surface area (Å²) in [6.07, 6.45) is 0. The van der Waals surface area contributed by atoms with Crippen LogP contribution in [0.4, 0.5) is 0 Å². The Morgan fingerprint density at radius 3 is 2.21 bits per heavy atom. The molecule has 0 bridgehead atoms. The van der Waals surface area contributed by atoms with Crippen molar-refractivity contribution in [2.45, 2.75) is 6.61 Å². The lowest BCUT2D eigenvalue weighted by molar-refractivity contribution is 0.0464. The van der Waals surface area contributed by atoms with Crippen LogP contribution < -0.4 is 5.56 Å². The molecule has 1 N–H and O–H groups in total. The van der Waals surface area contributed by atoms with Crippen LogP contribution in [0.1, 0.15) is 16.2 Å². The van der Waals surface area contributed by atoms with Gasteiger partial charge in [-0.05, 0) is 17.5 Å². The molecular weight excluding hydrogens is 366 g/mol. The molecule has 0 aliphatic rings. The third kappa shape index (κ3) is 2.91. The molecule has 0 aliphatic carbocycles. The largest absolute Gasteiger partial charge is 0.454 e. The molecule has 6 nitrogen and oxygen atoms in total. The molecule has 2 aromatic heterocycles. The quantitative estimate of drug-likeness (QED) is 0.377. The van der Waals surface area contributed by atoms with Crippen LogP contribution in [-0.4, -0.2) is 21.2 Å². The maximum absolute atomic E-state index is 12.7. The molecule has 3 aromatic carbocycles. The van der Waals surface area contributed by atoms with E-state index in [1.165, 1.54) is 0 Å². The Balaban J connectivity index is 1.53. The van der Waals surface area contributed by atoms with Crippen LogP contribution >= 0.6 is 0 Å². The molecule has 140 valence electrons. The minimum absolute atomic E-state index is 0.000680. The topological polar surface area (TPSA) is 84.9 Å². The van der Waals surface area contributed by atoms with E-state index in [0.29, 0.717) is 16.5 Å². The van der Waals surface area contributed by atoms with Gasteiger partial charge in [0.15, 0.2) is 5.69 Å². The van der Waals surface area contributed by atoms with Gasteiger partial charge >= 0.3 is 5.97 Å². The van der Waals surface area contributed by atoms with Gasteiger partial charge in [-0.3, -0.25) is 4.79 Å². The third-order valence-corrected chi connectivity index (χ3v) is 4.92. The smallest absolute Gasteiger partial charge is 0.359 e. The van der Waals surface area contributed by atoms with Crippen LogP contribution in [0.25, 0.3) is 32.4 Å². The van der Waals surface area contributed by atoms with Gasteiger partial charge in [0.05, 0.1) is 16.6 Å². The van der Waals surface area contributed by atoms with E-state index in [2.05, 4.69) is 15.2 Å². The second-order valence-corrected chi connectivity index (χ2v) is 6.64. The molecule has 2 heterocycles. The lowest BCUT2D eigenvalue weighted by atomic mass is 10.0. The number of aromatic amines is 1. The summed E-state index contributed by atoms with van der Waals surface area (Å²) in [7, 11) is 0. The summed E-state index contributed by atoms with van der Waals surface area (Å²) in [5.41, 5.74) is 1.23. The first kappa shape index (κ1) is 17.1. The van der Waals surface area contributed by atoms with E-state index in [9.17, 15) is 9.59 Å². The number of ether oxygens (including phenoxy) is 1. The number of nitrogens with one attached hydrogen (secondary N) is 1. The predicted octanol–water partition coefficient (Wildman–Crippen LogP) is 3.98. The first-order valence-electron chi connectivity index (χ1n) is 9.13. The van der Waals surface area contributed by atoms with Gasteiger partial charge in [-0.25, -0.2) is 14.9 Å². The van der Waals surface area contributed by atoms with E-state index in [4.69, 9.17) is 4.74 Å². The van der Waals surface area contributed by atoms with Gasteiger partial charge in [-0.1, -0.05) is 60.7 Å². The highest BCUT2D eigenvalue weighted by atomic mass is 16.5. The number of benzene rings is 3. The normalized spacial score (nSPS) is 11.2. The third-order valence-electron chi connectivity index (χ3n) is 4.92. The number of H-pyrrole nitrogens is 1. The molecule has 0 saturated heterocycles. The summed E-state index contributed by atoms with van der Waals surface area (Å²) >= 11 is 0. The number of para-hydroxylation sites is 1. The summed E-state index contributed by atoms with van der Waals surface area (Å²) in [6, 6.07) is 22.6. The Morgan fingerprint density at radius 2 is 1.41 bits per heavy atom. The summed E-state index contributed by atoms with van der Waals surface area (Å²) < 4.78 is 5.53. The van der Waals surface area contributed by atoms with Gasteiger partial charge in [-0.15, -0.1) is 0 Å². The molecule has 0 atom stereocenters. The average Bonchev–Trinajstić information content (AvgIpc) is 2.78. The molecule has 6 heteroatoms. The molecule has 0 radical (unpaired) electrons. The molecule has 5 aromatic rings. The Hall–Kier alpha value is -4.06. The molecule has 0 unspecified atom stereocenters. The summed E-state index contributed by atoms with van der Waals surface area (Å²) in [5, 5.41) is 10.1. The number of hydrogen-bond acceptors (Lipinski definition) is 5. The maximum atomic E-state index is 12.7. The van der Waals surface area contributed by atoms with Gasteiger partial charge in [0, 0.05) is 16.2 Å². The molecule has 0 spiro atoms. The van der Waals surface area contributed by atoms with Crippen LogP contribution in [0.15, 0.2) is 77.6 Å². The molecule has 0 fully saturated rings. The average molecular weight is 381 g/mol. The SMILES string of the molecule is O=C(OCc1nc2ccccc2c2ccccc12)c1n[nH]c(=O)c2ccccc12. The van der Waals surface area contributed by atoms with E-state index in [1.807, 2.05) is 48.5 Å². The van der Waals surface area contributed by atoms with Crippen molar-refractivity contribution in [1.82, 2.24) is 15.2 Å². The van der Waals surface area contributed by atoms with E-state index >= 15 is 0 Å². The predicted molar refractivity (Wildman–Crippen MR) is 111 cm³/mol. The van der Waals surface area contributed by atoms with Crippen LogP contribution in [0.3, 0.4) is 0 Å². The van der Waals surface area contributed by atoms with Crippen LogP contribution in [-0.2, 0) is 11.3 Å². The summed E-state index contributed by atoms with van der Waals surface area (Å²) in [5.74, 6) is -0.614. The van der Waals surface area contributed by atoms with E-state index in [-0.39, 0.29) is 17.9 Å². The van der Waals surface area contributed by atoms with Crippen molar-refractivity contribution in [1.29, 1.82) is 0 Å². The van der Waals surface area contributed by atoms with Crippen molar-refractivity contribution in [3.8, 4) is 0 Å². The second kappa shape index (κ2) is 6.83. The summed E-state index contributed by atoms with van der Waals surface area (Å²) in [6.45, 7) is -0.000680. The number of esters is 1. The van der Waals surface area contributed by atoms with Gasteiger partial charge in [0.25, 0.3) is 5.56 Å². The molecule has 5 rings (SSSR count). The molecule has 0 amide bonds. The van der Waals surface area contributed by atoms with Crippen molar-refractivity contribution in [2.75, 3.05) is 0 Å². The fourth-order valence-corrected chi connectivity index (χ4v) is 3.56. The fraction of sp³-hybridized carbons (Fsp3) is 0.0435. The highest BCUT2D eigenvalue weighted by Gasteiger charge is 2.17. The van der Waals surface area contributed by atoms with E-state index in [0.717, 1.165) is 21.7 Å². The Labute approximate surface area is 164 Å². The first-order valence-corrected chi connectivity index (χ1v) is 9.13. The molecular formula is C23H15N3O3. The fourth-order valence-electron chi connectivity index (χ4n) is 3.56. The van der Waals surface area contributed by atoms with Crippen molar-refractivity contribution in [2.24, 2.45) is 0 Å². The van der Waals surface area contributed by atoms with Crippen molar-refractivity contribution in [3.63, 3.8) is 0 Å². The lowest BCUT2D eigenvalue weighted by Crippen LogP contribution is -2.16. The maximum Gasteiger partial charge on any atom is 0.359 e. The van der Waals surface area contributed by atoms with Crippen molar-refractivity contribution in [3.05, 3.63) is 94.5 Å². The van der Waals surface area contributed by atoms with Gasteiger partial charge in [0.2, 0.25) is 0 Å².